The molecule has 1 aliphatic heterocycles. The van der Waals surface area contributed by atoms with E-state index in [9.17, 15) is 13.2 Å². The van der Waals surface area contributed by atoms with Crippen molar-refractivity contribution in [2.24, 2.45) is 5.14 Å². The highest BCUT2D eigenvalue weighted by Crippen LogP contribution is 2.33. The quantitative estimate of drug-likeness (QED) is 0.300. The zero-order valence-electron chi connectivity index (χ0n) is 21.3. The second-order valence-corrected chi connectivity index (χ2v) is 11.5. The summed E-state index contributed by atoms with van der Waals surface area (Å²) in [6, 6.07) is 21.5. The first kappa shape index (κ1) is 26.7. The summed E-state index contributed by atoms with van der Waals surface area (Å²) in [5.41, 5.74) is 6.57. The van der Waals surface area contributed by atoms with Crippen LogP contribution < -0.4 is 20.7 Å². The predicted octanol–water partition coefficient (Wildman–Crippen LogP) is 4.72. The van der Waals surface area contributed by atoms with Gasteiger partial charge >= 0.3 is 0 Å². The number of fused-ring (bicyclic) bond motifs is 1. The van der Waals surface area contributed by atoms with Crippen molar-refractivity contribution in [3.63, 3.8) is 0 Å². The molecule has 0 radical (unpaired) electrons. The number of hydrogen-bond acceptors (Lipinski definition) is 6. The number of aromatic nitrogens is 1. The third-order valence-corrected chi connectivity index (χ3v) is 7.90. The first-order chi connectivity index (χ1) is 18.7. The van der Waals surface area contributed by atoms with Gasteiger partial charge in [0.05, 0.1) is 10.6 Å². The third-order valence-electron chi connectivity index (χ3n) is 6.74. The van der Waals surface area contributed by atoms with Crippen LogP contribution in [0.2, 0.25) is 5.02 Å². The highest BCUT2D eigenvalue weighted by atomic mass is 35.5. The highest BCUT2D eigenvalue weighted by Gasteiger charge is 2.20. The summed E-state index contributed by atoms with van der Waals surface area (Å²) in [4.78, 5) is 19.7. The molecule has 0 fully saturated rings. The number of sulfonamides is 1. The average molecular weight is 562 g/mol. The molecule has 0 spiro atoms. The molecule has 4 aromatic rings. The van der Waals surface area contributed by atoms with Crippen LogP contribution in [0, 0.1) is 6.92 Å². The topological polar surface area (TPSA) is 117 Å². The van der Waals surface area contributed by atoms with Crippen LogP contribution in [-0.4, -0.2) is 32.4 Å². The number of halogens is 1. The number of nitrogens with two attached hydrogens (primary N) is 1. The Hall–Kier alpha value is -3.92. The van der Waals surface area contributed by atoms with Crippen LogP contribution in [0.1, 0.15) is 27.0 Å². The van der Waals surface area contributed by atoms with E-state index in [1.807, 2.05) is 36.5 Å². The van der Waals surface area contributed by atoms with E-state index in [1.165, 1.54) is 23.3 Å². The van der Waals surface area contributed by atoms with Gasteiger partial charge in [-0.1, -0.05) is 41.9 Å². The van der Waals surface area contributed by atoms with E-state index in [2.05, 4.69) is 33.5 Å². The molecule has 0 saturated carbocycles. The van der Waals surface area contributed by atoms with Gasteiger partial charge in [0.2, 0.25) is 10.0 Å². The van der Waals surface area contributed by atoms with Crippen LogP contribution in [0.4, 0.5) is 11.5 Å². The van der Waals surface area contributed by atoms with Gasteiger partial charge in [0.1, 0.15) is 5.82 Å². The van der Waals surface area contributed by atoms with Crippen molar-refractivity contribution in [3.05, 3.63) is 106 Å². The van der Waals surface area contributed by atoms with Gasteiger partial charge in [0.25, 0.3) is 5.91 Å². The maximum absolute atomic E-state index is 12.7. The summed E-state index contributed by atoms with van der Waals surface area (Å²) in [7, 11) is -3.75. The standard InChI is InChI=1S/C29H28ClN5O3S/c1-19-2-9-25(30)14-24(19)18-35-13-12-32-28-27(35)15-23(17-33-28)21-5-7-22(8-6-21)29(36)34-16-20-3-10-26(11-4-20)39(31,37)38/h2-11,14-15,17H,12-13,16,18H2,1H3,(H,32,33)(H,34,36)(H2,31,37,38). The lowest BCUT2D eigenvalue weighted by atomic mass is 10.0. The minimum atomic E-state index is -3.75. The SMILES string of the molecule is Cc1ccc(Cl)cc1CN1CCNc2ncc(-c3ccc(C(=O)NCc4ccc(S(N)(=O)=O)cc4)cc3)cc21. The molecule has 1 aromatic heterocycles. The normalized spacial score (nSPS) is 12.9. The molecule has 200 valence electrons. The molecule has 0 aliphatic carbocycles. The van der Waals surface area contributed by atoms with Gasteiger partial charge in [-0.25, -0.2) is 18.5 Å². The van der Waals surface area contributed by atoms with E-state index in [0.29, 0.717) is 5.56 Å². The Morgan fingerprint density at radius 1 is 1.05 bits per heavy atom. The summed E-state index contributed by atoms with van der Waals surface area (Å²) >= 11 is 6.25. The number of hydrogen-bond donors (Lipinski definition) is 3. The van der Waals surface area contributed by atoms with Crippen molar-refractivity contribution in [2.45, 2.75) is 24.9 Å². The number of carbonyl (C=O) groups excluding carboxylic acids is 1. The number of nitrogens with one attached hydrogen (secondary N) is 2. The van der Waals surface area contributed by atoms with E-state index >= 15 is 0 Å². The van der Waals surface area contributed by atoms with E-state index in [0.717, 1.165) is 52.9 Å². The first-order valence-electron chi connectivity index (χ1n) is 12.4. The molecule has 3 aromatic carbocycles. The number of nitrogens with zero attached hydrogens (tertiary/aromatic N) is 2. The number of primary sulfonamides is 1. The van der Waals surface area contributed by atoms with Crippen molar-refractivity contribution >= 4 is 39.0 Å². The van der Waals surface area contributed by atoms with Gasteiger partial charge in [-0.05, 0) is 71.6 Å². The second kappa shape index (κ2) is 11.1. The average Bonchev–Trinajstić information content (AvgIpc) is 2.93. The maximum Gasteiger partial charge on any atom is 0.251 e. The molecular formula is C29H28ClN5O3S. The molecule has 0 bridgehead atoms. The van der Waals surface area contributed by atoms with E-state index < -0.39 is 10.0 Å². The minimum absolute atomic E-state index is 0.0308. The molecule has 5 rings (SSSR count). The summed E-state index contributed by atoms with van der Waals surface area (Å²) < 4.78 is 22.8. The lowest BCUT2D eigenvalue weighted by Crippen LogP contribution is -2.34. The number of pyridine rings is 1. The molecule has 4 N–H and O–H groups in total. The number of amides is 1. The number of aryl methyl sites for hydroxylation is 1. The third kappa shape index (κ3) is 6.22. The van der Waals surface area contributed by atoms with E-state index in [4.69, 9.17) is 16.7 Å². The molecule has 0 atom stereocenters. The van der Waals surface area contributed by atoms with Gasteiger partial charge in [0, 0.05) is 48.5 Å². The number of anilines is 2. The van der Waals surface area contributed by atoms with Crippen molar-refractivity contribution in [1.29, 1.82) is 0 Å². The minimum Gasteiger partial charge on any atom is -0.367 e. The van der Waals surface area contributed by atoms with Gasteiger partial charge in [-0.3, -0.25) is 4.79 Å². The van der Waals surface area contributed by atoms with Gasteiger partial charge in [-0.15, -0.1) is 0 Å². The van der Waals surface area contributed by atoms with Crippen LogP contribution >= 0.6 is 11.6 Å². The van der Waals surface area contributed by atoms with Crippen molar-refractivity contribution < 1.29 is 13.2 Å². The molecule has 0 unspecified atom stereocenters. The number of benzene rings is 3. The van der Waals surface area contributed by atoms with E-state index in [1.54, 1.807) is 24.3 Å². The van der Waals surface area contributed by atoms with Crippen LogP contribution in [0.15, 0.2) is 83.9 Å². The Kier molecular flexibility index (Phi) is 7.56. The molecule has 2 heterocycles. The number of rotatable bonds is 7. The van der Waals surface area contributed by atoms with Gasteiger partial charge in [0.15, 0.2) is 0 Å². The molecule has 8 nitrogen and oxygen atoms in total. The summed E-state index contributed by atoms with van der Waals surface area (Å²) in [5.74, 6) is 0.616. The Balaban J connectivity index is 1.28. The van der Waals surface area contributed by atoms with Crippen LogP contribution in [0.3, 0.4) is 0 Å². The van der Waals surface area contributed by atoms with Crippen molar-refractivity contribution in [2.75, 3.05) is 23.3 Å². The Bertz CT molecular complexity index is 1620. The second-order valence-electron chi connectivity index (χ2n) is 9.46. The molecular weight excluding hydrogens is 534 g/mol. The summed E-state index contributed by atoms with van der Waals surface area (Å²) in [6.07, 6.45) is 1.83. The lowest BCUT2D eigenvalue weighted by Gasteiger charge is -2.32. The predicted molar refractivity (Wildman–Crippen MR) is 154 cm³/mol. The smallest absolute Gasteiger partial charge is 0.251 e. The zero-order valence-corrected chi connectivity index (χ0v) is 22.9. The van der Waals surface area contributed by atoms with Crippen molar-refractivity contribution in [1.82, 2.24) is 10.3 Å². The molecule has 39 heavy (non-hydrogen) atoms. The largest absolute Gasteiger partial charge is 0.367 e. The maximum atomic E-state index is 12.7. The molecule has 0 saturated heterocycles. The first-order valence-corrected chi connectivity index (χ1v) is 14.3. The van der Waals surface area contributed by atoms with Gasteiger partial charge < -0.3 is 15.5 Å². The lowest BCUT2D eigenvalue weighted by molar-refractivity contribution is 0.0951. The Morgan fingerprint density at radius 3 is 2.51 bits per heavy atom. The monoisotopic (exact) mass is 561 g/mol. The van der Waals surface area contributed by atoms with E-state index in [-0.39, 0.29) is 17.3 Å². The molecule has 10 heteroatoms. The fourth-order valence-corrected chi connectivity index (χ4v) is 5.20. The van der Waals surface area contributed by atoms with Crippen LogP contribution in [-0.2, 0) is 23.1 Å². The number of carbonyl (C=O) groups is 1. The molecule has 1 amide bonds. The summed E-state index contributed by atoms with van der Waals surface area (Å²) in [5, 5.41) is 12.1. The summed E-state index contributed by atoms with van der Waals surface area (Å²) in [6.45, 7) is 4.73. The van der Waals surface area contributed by atoms with Crippen molar-refractivity contribution in [3.8, 4) is 11.1 Å². The molecule has 1 aliphatic rings. The fourth-order valence-electron chi connectivity index (χ4n) is 4.49. The Labute approximate surface area is 232 Å². The Morgan fingerprint density at radius 2 is 1.79 bits per heavy atom. The zero-order chi connectivity index (χ0) is 27.6. The fraction of sp³-hybridized carbons (Fsp3) is 0.172. The highest BCUT2D eigenvalue weighted by molar-refractivity contribution is 7.89. The van der Waals surface area contributed by atoms with Gasteiger partial charge in [-0.2, -0.15) is 0 Å². The van der Waals surface area contributed by atoms with Crippen LogP contribution in [0.5, 0.6) is 0 Å². The van der Waals surface area contributed by atoms with Crippen LogP contribution in [0.25, 0.3) is 11.1 Å².